The van der Waals surface area contributed by atoms with Gasteiger partial charge in [-0.25, -0.2) is 0 Å². The van der Waals surface area contributed by atoms with Gasteiger partial charge >= 0.3 is 5.97 Å². The van der Waals surface area contributed by atoms with Gasteiger partial charge in [0.15, 0.2) is 0 Å². The summed E-state index contributed by atoms with van der Waals surface area (Å²) < 4.78 is 0. The molecule has 0 saturated carbocycles. The highest BCUT2D eigenvalue weighted by Gasteiger charge is 2.15. The number of nitrogens with zero attached hydrogens (tertiary/aromatic N) is 1. The predicted octanol–water partition coefficient (Wildman–Crippen LogP) is 0.226. The molecule has 0 bridgehead atoms. The number of carbonyl (C=O) groups excluding carboxylic acids is 2. The molecule has 98 valence electrons. The van der Waals surface area contributed by atoms with Crippen molar-refractivity contribution < 1.29 is 19.5 Å². The average molecular weight is 244 g/mol. The topological polar surface area (TPSA) is 86.7 Å². The van der Waals surface area contributed by atoms with E-state index in [1.165, 1.54) is 11.9 Å². The summed E-state index contributed by atoms with van der Waals surface area (Å²) in [6, 6.07) is 0. The molecule has 0 fully saturated rings. The summed E-state index contributed by atoms with van der Waals surface area (Å²) in [4.78, 5) is 34.7. The molecule has 6 nitrogen and oxygen atoms in total. The summed E-state index contributed by atoms with van der Waals surface area (Å²) in [5, 5.41) is 10.9. The molecule has 0 aliphatic rings. The smallest absolute Gasteiger partial charge is 0.303 e. The Morgan fingerprint density at radius 2 is 1.88 bits per heavy atom. The highest BCUT2D eigenvalue weighted by Crippen LogP contribution is 2.02. The Labute approximate surface area is 101 Å². The number of carboxylic acid groups (broad SMARTS) is 1. The summed E-state index contributed by atoms with van der Waals surface area (Å²) >= 11 is 0. The van der Waals surface area contributed by atoms with E-state index in [-0.39, 0.29) is 31.2 Å². The Hall–Kier alpha value is -1.59. The largest absolute Gasteiger partial charge is 0.481 e. The first-order valence-electron chi connectivity index (χ1n) is 5.71. The highest BCUT2D eigenvalue weighted by atomic mass is 16.4. The fourth-order valence-electron chi connectivity index (χ4n) is 1.36. The van der Waals surface area contributed by atoms with E-state index in [1.807, 2.05) is 6.92 Å². The molecule has 0 spiro atoms. The van der Waals surface area contributed by atoms with E-state index in [1.54, 1.807) is 0 Å². The Morgan fingerprint density at radius 3 is 2.35 bits per heavy atom. The standard InChI is InChI=1S/C11H20N2O4/c1-3-7-13(8-9(14)12-2)10(15)5-4-6-11(16)17/h3-8H2,1-2H3,(H,12,14)(H,16,17). The Balaban J connectivity index is 4.14. The van der Waals surface area contributed by atoms with Crippen LogP contribution in [-0.4, -0.2) is 47.9 Å². The lowest BCUT2D eigenvalue weighted by Gasteiger charge is -2.21. The van der Waals surface area contributed by atoms with Gasteiger partial charge in [0, 0.05) is 26.4 Å². The maximum Gasteiger partial charge on any atom is 0.303 e. The number of amides is 2. The number of hydrogen-bond donors (Lipinski definition) is 2. The molecule has 0 aromatic rings. The Bertz CT molecular complexity index is 279. The molecule has 0 heterocycles. The van der Waals surface area contributed by atoms with E-state index in [2.05, 4.69) is 5.32 Å². The minimum absolute atomic E-state index is 0.0221. The van der Waals surface area contributed by atoms with Gasteiger partial charge in [0.1, 0.15) is 0 Å². The van der Waals surface area contributed by atoms with Gasteiger partial charge < -0.3 is 15.3 Å². The number of likely N-dealkylation sites (N-methyl/N-ethyl adjacent to an activating group) is 1. The van der Waals surface area contributed by atoms with Crippen molar-refractivity contribution in [3.63, 3.8) is 0 Å². The number of carboxylic acids is 1. The second-order valence-electron chi connectivity index (χ2n) is 3.74. The van der Waals surface area contributed by atoms with Gasteiger partial charge in [-0.3, -0.25) is 14.4 Å². The fraction of sp³-hybridized carbons (Fsp3) is 0.727. The van der Waals surface area contributed by atoms with Crippen molar-refractivity contribution in [1.82, 2.24) is 10.2 Å². The second-order valence-corrected chi connectivity index (χ2v) is 3.74. The molecule has 2 amide bonds. The Kier molecular flexibility index (Phi) is 7.75. The lowest BCUT2D eigenvalue weighted by Crippen LogP contribution is -2.40. The number of carbonyl (C=O) groups is 3. The third-order valence-electron chi connectivity index (χ3n) is 2.24. The molecule has 2 N–H and O–H groups in total. The van der Waals surface area contributed by atoms with Crippen LogP contribution in [-0.2, 0) is 14.4 Å². The summed E-state index contributed by atoms with van der Waals surface area (Å²) in [7, 11) is 1.52. The molecular formula is C11H20N2O4. The molecule has 0 rings (SSSR count). The quantitative estimate of drug-likeness (QED) is 0.639. The highest BCUT2D eigenvalue weighted by molar-refractivity contribution is 5.84. The van der Waals surface area contributed by atoms with E-state index < -0.39 is 5.97 Å². The molecule has 0 atom stereocenters. The maximum absolute atomic E-state index is 11.7. The van der Waals surface area contributed by atoms with Crippen LogP contribution in [0, 0.1) is 0 Å². The lowest BCUT2D eigenvalue weighted by molar-refractivity contribution is -0.138. The van der Waals surface area contributed by atoms with Gasteiger partial charge in [0.25, 0.3) is 0 Å². The molecule has 6 heteroatoms. The maximum atomic E-state index is 11.7. The minimum atomic E-state index is -0.911. The Morgan fingerprint density at radius 1 is 1.24 bits per heavy atom. The van der Waals surface area contributed by atoms with E-state index in [0.29, 0.717) is 13.0 Å². The SMILES string of the molecule is CCCN(CC(=O)NC)C(=O)CCCC(=O)O. The summed E-state index contributed by atoms with van der Waals surface area (Å²) in [6.45, 7) is 2.47. The van der Waals surface area contributed by atoms with Crippen molar-refractivity contribution >= 4 is 17.8 Å². The summed E-state index contributed by atoms with van der Waals surface area (Å²) in [6.07, 6.45) is 1.22. The first-order valence-corrected chi connectivity index (χ1v) is 5.71. The van der Waals surface area contributed by atoms with Crippen LogP contribution in [0.3, 0.4) is 0 Å². The van der Waals surface area contributed by atoms with Crippen LogP contribution in [0.15, 0.2) is 0 Å². The second kappa shape index (κ2) is 8.55. The van der Waals surface area contributed by atoms with Gasteiger partial charge in [-0.2, -0.15) is 0 Å². The third-order valence-corrected chi connectivity index (χ3v) is 2.24. The zero-order chi connectivity index (χ0) is 13.3. The van der Waals surface area contributed by atoms with Crippen molar-refractivity contribution in [1.29, 1.82) is 0 Å². The van der Waals surface area contributed by atoms with Crippen LogP contribution >= 0.6 is 0 Å². The van der Waals surface area contributed by atoms with Crippen molar-refractivity contribution in [2.75, 3.05) is 20.1 Å². The molecule has 0 saturated heterocycles. The first kappa shape index (κ1) is 15.4. The van der Waals surface area contributed by atoms with Gasteiger partial charge in [-0.05, 0) is 12.8 Å². The fourth-order valence-corrected chi connectivity index (χ4v) is 1.36. The van der Waals surface area contributed by atoms with Crippen LogP contribution in [0.2, 0.25) is 0 Å². The number of rotatable bonds is 8. The number of aliphatic carboxylic acids is 1. The summed E-state index contributed by atoms with van der Waals surface area (Å²) in [5.74, 6) is -1.30. The zero-order valence-corrected chi connectivity index (χ0v) is 10.4. The predicted molar refractivity (Wildman–Crippen MR) is 62.4 cm³/mol. The average Bonchev–Trinajstić information content (AvgIpc) is 2.27. The normalized spacial score (nSPS) is 9.76. The van der Waals surface area contributed by atoms with Crippen LogP contribution in [0.4, 0.5) is 0 Å². The van der Waals surface area contributed by atoms with Crippen molar-refractivity contribution in [2.24, 2.45) is 0 Å². The van der Waals surface area contributed by atoms with Crippen LogP contribution in [0.5, 0.6) is 0 Å². The van der Waals surface area contributed by atoms with Gasteiger partial charge in [0.2, 0.25) is 11.8 Å². The van der Waals surface area contributed by atoms with Crippen molar-refractivity contribution in [2.45, 2.75) is 32.6 Å². The van der Waals surface area contributed by atoms with Crippen molar-refractivity contribution in [3.05, 3.63) is 0 Å². The molecule has 0 radical (unpaired) electrons. The monoisotopic (exact) mass is 244 g/mol. The van der Waals surface area contributed by atoms with E-state index >= 15 is 0 Å². The lowest BCUT2D eigenvalue weighted by atomic mass is 10.2. The van der Waals surface area contributed by atoms with E-state index in [4.69, 9.17) is 5.11 Å². The van der Waals surface area contributed by atoms with Gasteiger partial charge in [-0.1, -0.05) is 6.92 Å². The molecule has 17 heavy (non-hydrogen) atoms. The van der Waals surface area contributed by atoms with Crippen LogP contribution < -0.4 is 5.32 Å². The molecule has 0 aliphatic heterocycles. The molecular weight excluding hydrogens is 224 g/mol. The van der Waals surface area contributed by atoms with Crippen molar-refractivity contribution in [3.8, 4) is 0 Å². The molecule has 0 aliphatic carbocycles. The van der Waals surface area contributed by atoms with E-state index in [0.717, 1.165) is 6.42 Å². The van der Waals surface area contributed by atoms with Gasteiger partial charge in [-0.15, -0.1) is 0 Å². The number of hydrogen-bond acceptors (Lipinski definition) is 3. The first-order chi connectivity index (χ1) is 8.01. The molecule has 0 unspecified atom stereocenters. The summed E-state index contributed by atoms with van der Waals surface area (Å²) in [5.41, 5.74) is 0. The third kappa shape index (κ3) is 7.32. The molecule has 0 aromatic carbocycles. The van der Waals surface area contributed by atoms with Crippen LogP contribution in [0.25, 0.3) is 0 Å². The van der Waals surface area contributed by atoms with E-state index in [9.17, 15) is 14.4 Å². The van der Waals surface area contributed by atoms with Crippen LogP contribution in [0.1, 0.15) is 32.6 Å². The number of nitrogens with one attached hydrogen (secondary N) is 1. The molecule has 0 aromatic heterocycles. The van der Waals surface area contributed by atoms with Gasteiger partial charge in [0.05, 0.1) is 6.54 Å². The zero-order valence-electron chi connectivity index (χ0n) is 10.4. The minimum Gasteiger partial charge on any atom is -0.481 e.